The summed E-state index contributed by atoms with van der Waals surface area (Å²) in [5.74, 6) is -0.271. The zero-order valence-corrected chi connectivity index (χ0v) is 10.5. The van der Waals surface area contributed by atoms with Gasteiger partial charge in [-0.1, -0.05) is 27.7 Å². The number of nitrogens with one attached hydrogen (secondary N) is 1. The van der Waals surface area contributed by atoms with Crippen molar-refractivity contribution in [1.82, 2.24) is 10.3 Å². The largest absolute Gasteiger partial charge is 0.310 e. The molecule has 90 valence electrons. The summed E-state index contributed by atoms with van der Waals surface area (Å²) in [5, 5.41) is 3.41. The molecule has 0 amide bonds. The maximum atomic E-state index is 13.2. The maximum Gasteiger partial charge on any atom is 0.141 e. The van der Waals surface area contributed by atoms with E-state index in [0.29, 0.717) is 0 Å². The number of pyridine rings is 1. The van der Waals surface area contributed by atoms with Crippen LogP contribution in [0.3, 0.4) is 0 Å². The van der Waals surface area contributed by atoms with Crippen LogP contribution in [0, 0.1) is 11.2 Å². The van der Waals surface area contributed by atoms with Gasteiger partial charge in [0.2, 0.25) is 0 Å². The molecule has 0 saturated heterocycles. The maximum absolute atomic E-state index is 13.2. The van der Waals surface area contributed by atoms with Gasteiger partial charge in [0.15, 0.2) is 0 Å². The third-order valence-corrected chi connectivity index (χ3v) is 3.16. The van der Waals surface area contributed by atoms with Gasteiger partial charge in [0.05, 0.1) is 6.20 Å². The molecule has 0 spiro atoms. The minimum absolute atomic E-state index is 0.0888. The molecule has 1 atom stereocenters. The zero-order chi connectivity index (χ0) is 12.2. The van der Waals surface area contributed by atoms with Crippen molar-refractivity contribution < 1.29 is 4.39 Å². The summed E-state index contributed by atoms with van der Waals surface area (Å²) in [6.45, 7) is 9.45. The highest BCUT2D eigenvalue weighted by atomic mass is 19.1. The second kappa shape index (κ2) is 5.39. The zero-order valence-electron chi connectivity index (χ0n) is 10.5. The second-order valence-corrected chi connectivity index (χ2v) is 4.77. The number of hydrogen-bond donors (Lipinski definition) is 1. The first kappa shape index (κ1) is 13.1. The molecule has 1 unspecified atom stereocenters. The summed E-state index contributed by atoms with van der Waals surface area (Å²) < 4.78 is 13.2. The molecule has 0 aliphatic heterocycles. The standard InChI is InChI=1S/C13H21FN2/c1-5-13(3,4)12(16-6-2)10-7-11(14)9-15-8-10/h7-9,12,16H,5-6H2,1-4H3. The lowest BCUT2D eigenvalue weighted by atomic mass is 9.78. The average molecular weight is 224 g/mol. The van der Waals surface area contributed by atoms with E-state index in [2.05, 4.69) is 38.0 Å². The molecule has 0 saturated carbocycles. The van der Waals surface area contributed by atoms with E-state index in [1.165, 1.54) is 6.20 Å². The smallest absolute Gasteiger partial charge is 0.141 e. The first-order valence-electron chi connectivity index (χ1n) is 5.85. The van der Waals surface area contributed by atoms with Crippen LogP contribution in [-0.4, -0.2) is 11.5 Å². The summed E-state index contributed by atoms with van der Waals surface area (Å²) in [4.78, 5) is 3.92. The Kier molecular flexibility index (Phi) is 4.42. The third-order valence-electron chi connectivity index (χ3n) is 3.16. The molecule has 1 heterocycles. The Labute approximate surface area is 97.3 Å². The lowest BCUT2D eigenvalue weighted by Gasteiger charge is -2.34. The SMILES string of the molecule is CCNC(c1cncc(F)c1)C(C)(C)CC. The fourth-order valence-electron chi connectivity index (χ4n) is 1.84. The molecule has 0 aliphatic carbocycles. The minimum Gasteiger partial charge on any atom is -0.310 e. The topological polar surface area (TPSA) is 24.9 Å². The highest BCUT2D eigenvalue weighted by Crippen LogP contribution is 2.35. The molecule has 3 heteroatoms. The van der Waals surface area contributed by atoms with Crippen molar-refractivity contribution in [1.29, 1.82) is 0 Å². The molecule has 0 aromatic carbocycles. The highest BCUT2D eigenvalue weighted by molar-refractivity contribution is 5.17. The van der Waals surface area contributed by atoms with Gasteiger partial charge in [-0.15, -0.1) is 0 Å². The molecular formula is C13H21FN2. The van der Waals surface area contributed by atoms with Crippen LogP contribution in [0.15, 0.2) is 18.5 Å². The summed E-state index contributed by atoms with van der Waals surface area (Å²) in [7, 11) is 0. The quantitative estimate of drug-likeness (QED) is 0.830. The Morgan fingerprint density at radius 1 is 1.38 bits per heavy atom. The van der Waals surface area contributed by atoms with Crippen LogP contribution in [-0.2, 0) is 0 Å². The number of halogens is 1. The number of nitrogens with zero attached hydrogens (tertiary/aromatic N) is 1. The van der Waals surface area contributed by atoms with Crippen LogP contribution < -0.4 is 5.32 Å². The Morgan fingerprint density at radius 3 is 2.56 bits per heavy atom. The van der Waals surface area contributed by atoms with Crippen molar-refractivity contribution in [2.75, 3.05) is 6.54 Å². The van der Waals surface area contributed by atoms with Gasteiger partial charge < -0.3 is 5.32 Å². The van der Waals surface area contributed by atoms with Crippen molar-refractivity contribution in [2.45, 2.75) is 40.2 Å². The predicted molar refractivity (Wildman–Crippen MR) is 64.7 cm³/mol. The number of aromatic nitrogens is 1. The summed E-state index contributed by atoms with van der Waals surface area (Å²) >= 11 is 0. The van der Waals surface area contributed by atoms with E-state index < -0.39 is 0 Å². The summed E-state index contributed by atoms with van der Waals surface area (Å²) in [5.41, 5.74) is 1.01. The molecule has 1 rings (SSSR count). The van der Waals surface area contributed by atoms with E-state index in [0.717, 1.165) is 18.5 Å². The van der Waals surface area contributed by atoms with Crippen LogP contribution in [0.4, 0.5) is 4.39 Å². The Morgan fingerprint density at radius 2 is 2.06 bits per heavy atom. The monoisotopic (exact) mass is 224 g/mol. The van der Waals surface area contributed by atoms with E-state index >= 15 is 0 Å². The molecular weight excluding hydrogens is 203 g/mol. The lowest BCUT2D eigenvalue weighted by Crippen LogP contribution is -2.34. The fraction of sp³-hybridized carbons (Fsp3) is 0.615. The van der Waals surface area contributed by atoms with E-state index in [1.807, 2.05) is 0 Å². The van der Waals surface area contributed by atoms with Gasteiger partial charge in [0, 0.05) is 12.2 Å². The Hall–Kier alpha value is -0.960. The van der Waals surface area contributed by atoms with Crippen molar-refractivity contribution in [3.05, 3.63) is 29.8 Å². The minimum atomic E-state index is -0.271. The average Bonchev–Trinajstić information content (AvgIpc) is 2.25. The molecule has 2 nitrogen and oxygen atoms in total. The molecule has 0 aliphatic rings. The van der Waals surface area contributed by atoms with Gasteiger partial charge in [-0.25, -0.2) is 4.39 Å². The van der Waals surface area contributed by atoms with Gasteiger partial charge in [0.1, 0.15) is 5.82 Å². The van der Waals surface area contributed by atoms with Crippen LogP contribution in [0.25, 0.3) is 0 Å². The Balaban J connectivity index is 3.02. The molecule has 1 aromatic heterocycles. The fourth-order valence-corrected chi connectivity index (χ4v) is 1.84. The summed E-state index contributed by atoms with van der Waals surface area (Å²) in [6.07, 6.45) is 4.01. The van der Waals surface area contributed by atoms with Gasteiger partial charge in [0.25, 0.3) is 0 Å². The molecule has 0 fully saturated rings. The van der Waals surface area contributed by atoms with Crippen LogP contribution in [0.5, 0.6) is 0 Å². The van der Waals surface area contributed by atoms with Crippen molar-refractivity contribution in [3.8, 4) is 0 Å². The molecule has 1 aromatic rings. The van der Waals surface area contributed by atoms with Gasteiger partial charge in [-0.3, -0.25) is 4.98 Å². The van der Waals surface area contributed by atoms with Gasteiger partial charge in [-0.05, 0) is 30.0 Å². The summed E-state index contributed by atoms with van der Waals surface area (Å²) in [6, 6.07) is 1.71. The lowest BCUT2D eigenvalue weighted by molar-refractivity contribution is 0.236. The normalized spacial score (nSPS) is 13.8. The third kappa shape index (κ3) is 3.01. The van der Waals surface area contributed by atoms with E-state index in [4.69, 9.17) is 0 Å². The van der Waals surface area contributed by atoms with Crippen LogP contribution in [0.2, 0.25) is 0 Å². The highest BCUT2D eigenvalue weighted by Gasteiger charge is 2.28. The van der Waals surface area contributed by atoms with Gasteiger partial charge in [-0.2, -0.15) is 0 Å². The van der Waals surface area contributed by atoms with E-state index in [-0.39, 0.29) is 17.3 Å². The first-order valence-corrected chi connectivity index (χ1v) is 5.85. The van der Waals surface area contributed by atoms with Crippen molar-refractivity contribution in [3.63, 3.8) is 0 Å². The predicted octanol–water partition coefficient (Wildman–Crippen LogP) is 3.31. The van der Waals surface area contributed by atoms with E-state index in [1.54, 1.807) is 12.3 Å². The molecule has 0 bridgehead atoms. The Bertz CT molecular complexity index is 336. The van der Waals surface area contributed by atoms with E-state index in [9.17, 15) is 4.39 Å². The van der Waals surface area contributed by atoms with Crippen LogP contribution >= 0.6 is 0 Å². The molecule has 1 N–H and O–H groups in total. The van der Waals surface area contributed by atoms with Crippen molar-refractivity contribution in [2.24, 2.45) is 5.41 Å². The van der Waals surface area contributed by atoms with Gasteiger partial charge >= 0.3 is 0 Å². The number of hydrogen-bond acceptors (Lipinski definition) is 2. The first-order chi connectivity index (χ1) is 7.51. The molecule has 16 heavy (non-hydrogen) atoms. The second-order valence-electron chi connectivity index (χ2n) is 4.77. The van der Waals surface area contributed by atoms with Crippen molar-refractivity contribution >= 4 is 0 Å². The number of rotatable bonds is 5. The molecule has 0 radical (unpaired) electrons. The van der Waals surface area contributed by atoms with Crippen LogP contribution in [0.1, 0.15) is 45.7 Å².